The molecule has 2 aromatic rings. The Kier molecular flexibility index (Phi) is 3.72. The Labute approximate surface area is 121 Å². The summed E-state index contributed by atoms with van der Waals surface area (Å²) in [4.78, 5) is 35.5. The van der Waals surface area contributed by atoms with Crippen LogP contribution in [0.25, 0.3) is 5.95 Å². The third kappa shape index (κ3) is 3.13. The first kappa shape index (κ1) is 13.4. The molecule has 21 heavy (non-hydrogen) atoms. The summed E-state index contributed by atoms with van der Waals surface area (Å²) in [5, 5.41) is 2.80. The van der Waals surface area contributed by atoms with Gasteiger partial charge < -0.3 is 5.32 Å². The van der Waals surface area contributed by atoms with E-state index in [0.29, 0.717) is 37.3 Å². The van der Waals surface area contributed by atoms with Crippen molar-refractivity contribution in [2.45, 2.75) is 25.7 Å². The molecule has 1 fully saturated rings. The van der Waals surface area contributed by atoms with Crippen molar-refractivity contribution in [3.63, 3.8) is 0 Å². The molecule has 0 aliphatic heterocycles. The quantitative estimate of drug-likeness (QED) is 0.919. The van der Waals surface area contributed by atoms with E-state index >= 15 is 0 Å². The van der Waals surface area contributed by atoms with E-state index < -0.39 is 0 Å². The van der Waals surface area contributed by atoms with Gasteiger partial charge in [0.05, 0.1) is 18.1 Å². The molecule has 2 heterocycles. The Morgan fingerprint density at radius 2 is 1.95 bits per heavy atom. The molecule has 108 valence electrons. The predicted molar refractivity (Wildman–Crippen MR) is 74.7 cm³/mol. The first-order valence-corrected chi connectivity index (χ1v) is 6.85. The van der Waals surface area contributed by atoms with Gasteiger partial charge in [-0.25, -0.2) is 15.0 Å². The molecule has 0 spiro atoms. The molecule has 0 unspecified atom stereocenters. The Morgan fingerprint density at radius 3 is 2.57 bits per heavy atom. The van der Waals surface area contributed by atoms with Gasteiger partial charge in [0.25, 0.3) is 0 Å². The van der Waals surface area contributed by atoms with Crippen LogP contribution in [0.3, 0.4) is 0 Å². The number of amides is 1. The van der Waals surface area contributed by atoms with Gasteiger partial charge in [-0.3, -0.25) is 14.2 Å². The van der Waals surface area contributed by atoms with Gasteiger partial charge in [-0.15, -0.1) is 0 Å². The fourth-order valence-corrected chi connectivity index (χ4v) is 2.34. The average Bonchev–Trinajstić information content (AvgIpc) is 3.03. The highest BCUT2D eigenvalue weighted by Crippen LogP contribution is 2.22. The molecule has 1 amide bonds. The van der Waals surface area contributed by atoms with E-state index in [0.717, 1.165) is 0 Å². The molecule has 1 N–H and O–H groups in total. The normalized spacial score (nSPS) is 15.9. The number of aromatic nitrogens is 4. The van der Waals surface area contributed by atoms with Crippen LogP contribution in [0.4, 0.5) is 5.69 Å². The van der Waals surface area contributed by atoms with Gasteiger partial charge in [0.15, 0.2) is 0 Å². The zero-order chi connectivity index (χ0) is 14.7. The molecule has 0 aromatic carbocycles. The standard InChI is InChI=1S/C14H15N5O2/c20-12-3-1-10(2-4-12)13(21)18-11-7-16-14(17-8-11)19-6-5-15-9-19/h5-10H,1-4H2,(H,18,21). The molecule has 3 rings (SSSR count). The lowest BCUT2D eigenvalue weighted by Crippen LogP contribution is -2.27. The minimum Gasteiger partial charge on any atom is -0.323 e. The van der Waals surface area contributed by atoms with Crippen LogP contribution >= 0.6 is 0 Å². The number of hydrogen-bond donors (Lipinski definition) is 1. The Morgan fingerprint density at radius 1 is 1.24 bits per heavy atom. The smallest absolute Gasteiger partial charge is 0.234 e. The first-order valence-electron chi connectivity index (χ1n) is 6.85. The summed E-state index contributed by atoms with van der Waals surface area (Å²) in [6.07, 6.45) is 10.4. The Bertz CT molecular complexity index is 626. The topological polar surface area (TPSA) is 89.8 Å². The van der Waals surface area contributed by atoms with Crippen LogP contribution in [-0.2, 0) is 9.59 Å². The summed E-state index contributed by atoms with van der Waals surface area (Å²) in [6, 6.07) is 0. The van der Waals surface area contributed by atoms with Crippen LogP contribution in [0.5, 0.6) is 0 Å². The number of carbonyl (C=O) groups excluding carboxylic acids is 2. The highest BCUT2D eigenvalue weighted by molar-refractivity contribution is 5.93. The summed E-state index contributed by atoms with van der Waals surface area (Å²) in [7, 11) is 0. The van der Waals surface area contributed by atoms with Gasteiger partial charge in [0, 0.05) is 31.2 Å². The van der Waals surface area contributed by atoms with Crippen molar-refractivity contribution in [3.8, 4) is 5.95 Å². The highest BCUT2D eigenvalue weighted by Gasteiger charge is 2.24. The van der Waals surface area contributed by atoms with E-state index in [2.05, 4.69) is 20.3 Å². The number of imidazole rings is 1. The fourth-order valence-electron chi connectivity index (χ4n) is 2.34. The van der Waals surface area contributed by atoms with Gasteiger partial charge in [-0.2, -0.15) is 0 Å². The minimum absolute atomic E-state index is 0.0681. The minimum atomic E-state index is -0.101. The number of hydrogen-bond acceptors (Lipinski definition) is 5. The second kappa shape index (κ2) is 5.82. The number of anilines is 1. The van der Waals surface area contributed by atoms with Crippen molar-refractivity contribution >= 4 is 17.4 Å². The molecule has 7 heteroatoms. The number of Topliss-reactive ketones (excluding diaryl/α,β-unsaturated/α-hetero) is 1. The zero-order valence-electron chi connectivity index (χ0n) is 11.4. The van der Waals surface area contributed by atoms with Gasteiger partial charge in [0.1, 0.15) is 12.1 Å². The third-order valence-corrected chi connectivity index (χ3v) is 3.56. The molecule has 1 aliphatic carbocycles. The summed E-state index contributed by atoms with van der Waals surface area (Å²) >= 11 is 0. The predicted octanol–water partition coefficient (Wildman–Crippen LogP) is 1.36. The molecular weight excluding hydrogens is 270 g/mol. The number of nitrogens with one attached hydrogen (secondary N) is 1. The molecule has 7 nitrogen and oxygen atoms in total. The van der Waals surface area contributed by atoms with E-state index in [1.165, 1.54) is 0 Å². The van der Waals surface area contributed by atoms with Crippen molar-refractivity contribution < 1.29 is 9.59 Å². The lowest BCUT2D eigenvalue weighted by atomic mass is 9.88. The molecule has 0 bridgehead atoms. The highest BCUT2D eigenvalue weighted by atomic mass is 16.2. The van der Waals surface area contributed by atoms with Crippen LogP contribution < -0.4 is 5.32 Å². The number of ketones is 1. The van der Waals surface area contributed by atoms with Crippen LogP contribution in [0, 0.1) is 5.92 Å². The summed E-state index contributed by atoms with van der Waals surface area (Å²) in [5.41, 5.74) is 0.556. The second-order valence-corrected chi connectivity index (χ2v) is 5.04. The third-order valence-electron chi connectivity index (χ3n) is 3.56. The molecule has 0 saturated heterocycles. The van der Waals surface area contributed by atoms with E-state index in [-0.39, 0.29) is 17.6 Å². The van der Waals surface area contributed by atoms with Crippen molar-refractivity contribution in [3.05, 3.63) is 31.1 Å². The van der Waals surface area contributed by atoms with E-state index in [1.807, 2.05) is 0 Å². The largest absolute Gasteiger partial charge is 0.323 e. The summed E-state index contributed by atoms with van der Waals surface area (Å²) < 4.78 is 1.68. The lowest BCUT2D eigenvalue weighted by Gasteiger charge is -2.19. The van der Waals surface area contributed by atoms with Crippen LogP contribution in [-0.4, -0.2) is 31.2 Å². The average molecular weight is 285 g/mol. The summed E-state index contributed by atoms with van der Waals surface area (Å²) in [6.45, 7) is 0. The Hall–Kier alpha value is -2.57. The number of rotatable bonds is 3. The SMILES string of the molecule is O=C1CCC(C(=O)Nc2cnc(-n3ccnc3)nc2)CC1. The Balaban J connectivity index is 1.62. The molecule has 0 radical (unpaired) electrons. The second-order valence-electron chi connectivity index (χ2n) is 5.04. The van der Waals surface area contributed by atoms with E-state index in [4.69, 9.17) is 0 Å². The van der Waals surface area contributed by atoms with Crippen LogP contribution in [0.2, 0.25) is 0 Å². The maximum atomic E-state index is 12.1. The van der Waals surface area contributed by atoms with Gasteiger partial charge >= 0.3 is 0 Å². The zero-order valence-corrected chi connectivity index (χ0v) is 11.4. The maximum absolute atomic E-state index is 12.1. The van der Waals surface area contributed by atoms with Gasteiger partial charge in [0.2, 0.25) is 11.9 Å². The first-order chi connectivity index (χ1) is 10.2. The van der Waals surface area contributed by atoms with Crippen molar-refractivity contribution in [2.75, 3.05) is 5.32 Å². The molecule has 2 aromatic heterocycles. The van der Waals surface area contributed by atoms with Crippen molar-refractivity contribution in [2.24, 2.45) is 5.92 Å². The number of carbonyl (C=O) groups is 2. The molecule has 1 aliphatic rings. The van der Waals surface area contributed by atoms with Gasteiger partial charge in [-0.05, 0) is 12.8 Å². The van der Waals surface area contributed by atoms with Crippen LogP contribution in [0.1, 0.15) is 25.7 Å². The fraction of sp³-hybridized carbons (Fsp3) is 0.357. The monoisotopic (exact) mass is 285 g/mol. The van der Waals surface area contributed by atoms with Crippen molar-refractivity contribution in [1.82, 2.24) is 19.5 Å². The molecule has 1 saturated carbocycles. The summed E-state index contributed by atoms with van der Waals surface area (Å²) in [5.74, 6) is 0.568. The van der Waals surface area contributed by atoms with E-state index in [9.17, 15) is 9.59 Å². The van der Waals surface area contributed by atoms with Gasteiger partial charge in [-0.1, -0.05) is 0 Å². The van der Waals surface area contributed by atoms with Crippen LogP contribution in [0.15, 0.2) is 31.1 Å². The lowest BCUT2D eigenvalue weighted by molar-refractivity contribution is -0.125. The van der Waals surface area contributed by atoms with Crippen molar-refractivity contribution in [1.29, 1.82) is 0 Å². The molecular formula is C14H15N5O2. The maximum Gasteiger partial charge on any atom is 0.234 e. The molecule has 0 atom stereocenters. The number of nitrogens with zero attached hydrogens (tertiary/aromatic N) is 4. The van der Waals surface area contributed by atoms with E-state index in [1.54, 1.807) is 35.7 Å².